The van der Waals surface area contributed by atoms with E-state index in [2.05, 4.69) is 16.8 Å². The molecule has 1 fully saturated rings. The lowest BCUT2D eigenvalue weighted by molar-refractivity contribution is -0.134. The molecule has 7 nitrogen and oxygen atoms in total. The summed E-state index contributed by atoms with van der Waals surface area (Å²) in [4.78, 5) is 36.0. The molecule has 0 radical (unpaired) electrons. The van der Waals surface area contributed by atoms with Crippen molar-refractivity contribution >= 4 is 23.4 Å². The maximum atomic E-state index is 13.7. The molecule has 2 heterocycles. The van der Waals surface area contributed by atoms with E-state index in [0.717, 1.165) is 43.7 Å². The van der Waals surface area contributed by atoms with E-state index in [4.69, 9.17) is 10.2 Å². The summed E-state index contributed by atoms with van der Waals surface area (Å²) in [6.07, 6.45) is 3.40. The highest BCUT2D eigenvalue weighted by Gasteiger charge is 2.40. The standard InChI is InChI=1S/C22H24F2N2O.C4H4O4/c1-25-20-9-8-17(24)13-18(20)19-14-26(12-10-21(19)25)11-2-3-22(27)15-4-6-16(23)7-5-15;5-3(6)1-2-4(7)8/h4-9,13,19,21H,2-3,10-12,14H2,1H3;1-2H,(H,5,6)(H,7,8)/b;2-1-/t19-,21+;/m1./s1. The molecule has 2 atom stereocenters. The Labute approximate surface area is 202 Å². The second-order valence-corrected chi connectivity index (χ2v) is 8.62. The molecule has 0 spiro atoms. The van der Waals surface area contributed by atoms with Crippen LogP contribution in [0.4, 0.5) is 14.5 Å². The van der Waals surface area contributed by atoms with Gasteiger partial charge in [-0.3, -0.25) is 4.79 Å². The third kappa shape index (κ3) is 6.95. The van der Waals surface area contributed by atoms with Crippen molar-refractivity contribution in [1.82, 2.24) is 4.90 Å². The van der Waals surface area contributed by atoms with Gasteiger partial charge in [0, 0.05) is 61.9 Å². The van der Waals surface area contributed by atoms with Crippen molar-refractivity contribution < 1.29 is 33.4 Å². The smallest absolute Gasteiger partial charge is 0.328 e. The summed E-state index contributed by atoms with van der Waals surface area (Å²) in [6.45, 7) is 2.74. The van der Waals surface area contributed by atoms with Crippen LogP contribution in [0.2, 0.25) is 0 Å². The van der Waals surface area contributed by atoms with E-state index < -0.39 is 11.9 Å². The zero-order valence-corrected chi connectivity index (χ0v) is 19.4. The Morgan fingerprint density at radius 3 is 2.26 bits per heavy atom. The lowest BCUT2D eigenvalue weighted by atomic mass is 9.89. The summed E-state index contributed by atoms with van der Waals surface area (Å²) >= 11 is 0. The van der Waals surface area contributed by atoms with Gasteiger partial charge in [-0.15, -0.1) is 0 Å². The fourth-order valence-corrected chi connectivity index (χ4v) is 4.69. The number of hydrogen-bond acceptors (Lipinski definition) is 5. The Morgan fingerprint density at radius 1 is 1.00 bits per heavy atom. The van der Waals surface area contributed by atoms with Gasteiger partial charge >= 0.3 is 11.9 Å². The maximum Gasteiger partial charge on any atom is 0.328 e. The molecular formula is C26H28F2N2O5. The first-order valence-corrected chi connectivity index (χ1v) is 11.3. The summed E-state index contributed by atoms with van der Waals surface area (Å²) in [5.41, 5.74) is 2.81. The third-order valence-electron chi connectivity index (χ3n) is 6.34. The lowest BCUT2D eigenvalue weighted by Gasteiger charge is -2.37. The molecule has 0 bridgehead atoms. The number of piperidine rings is 1. The fourth-order valence-electron chi connectivity index (χ4n) is 4.69. The van der Waals surface area contributed by atoms with Gasteiger partial charge in [0.25, 0.3) is 0 Å². The molecule has 2 N–H and O–H groups in total. The van der Waals surface area contributed by atoms with Crippen molar-refractivity contribution in [2.45, 2.75) is 31.2 Å². The number of aliphatic carboxylic acids is 2. The molecule has 2 aromatic carbocycles. The molecule has 2 aliphatic heterocycles. The predicted octanol–water partition coefficient (Wildman–Crippen LogP) is 3.95. The highest BCUT2D eigenvalue weighted by Crippen LogP contribution is 2.43. The van der Waals surface area contributed by atoms with Crippen LogP contribution in [0.15, 0.2) is 54.6 Å². The highest BCUT2D eigenvalue weighted by molar-refractivity contribution is 5.96. The molecular weight excluding hydrogens is 458 g/mol. The van der Waals surface area contributed by atoms with E-state index in [9.17, 15) is 23.2 Å². The number of carboxylic acids is 2. The van der Waals surface area contributed by atoms with Gasteiger partial charge in [-0.1, -0.05) is 0 Å². The molecule has 2 aromatic rings. The van der Waals surface area contributed by atoms with Gasteiger partial charge in [-0.2, -0.15) is 0 Å². The first kappa shape index (κ1) is 26.0. The van der Waals surface area contributed by atoms with Crippen LogP contribution in [-0.2, 0) is 9.59 Å². The number of likely N-dealkylation sites (N-methyl/N-ethyl adjacent to an activating group) is 1. The number of carbonyl (C=O) groups is 3. The number of rotatable bonds is 7. The number of hydrogen-bond donors (Lipinski definition) is 2. The van der Waals surface area contributed by atoms with Crippen LogP contribution in [0.3, 0.4) is 0 Å². The first-order valence-electron chi connectivity index (χ1n) is 11.3. The molecule has 9 heteroatoms. The minimum atomic E-state index is -1.26. The zero-order valence-electron chi connectivity index (χ0n) is 19.4. The fraction of sp³-hybridized carbons (Fsp3) is 0.346. The molecule has 4 rings (SSSR count). The van der Waals surface area contributed by atoms with Gasteiger partial charge < -0.3 is 20.0 Å². The predicted molar refractivity (Wildman–Crippen MR) is 127 cm³/mol. The topological polar surface area (TPSA) is 98.2 Å². The van der Waals surface area contributed by atoms with Gasteiger partial charge in [0.05, 0.1) is 0 Å². The number of ketones is 1. The van der Waals surface area contributed by atoms with Crippen molar-refractivity contribution in [1.29, 1.82) is 0 Å². The molecule has 2 aliphatic rings. The molecule has 186 valence electrons. The number of halogens is 2. The first-order chi connectivity index (χ1) is 16.7. The van der Waals surface area contributed by atoms with Gasteiger partial charge in [-0.05, 0) is 67.4 Å². The van der Waals surface area contributed by atoms with Crippen molar-refractivity contribution in [3.8, 4) is 0 Å². The Morgan fingerprint density at radius 2 is 1.63 bits per heavy atom. The zero-order chi connectivity index (χ0) is 25.5. The Bertz CT molecular complexity index is 1090. The SMILES string of the molecule is CN1c2ccc(F)cc2[C@H]2CN(CCCC(=O)c3ccc(F)cc3)CC[C@@H]21.O=C(O)/C=C\C(=O)O. The minimum absolute atomic E-state index is 0.0536. The van der Waals surface area contributed by atoms with Crippen LogP contribution in [0.1, 0.15) is 41.1 Å². The second kappa shape index (κ2) is 11.7. The van der Waals surface area contributed by atoms with Gasteiger partial charge in [0.1, 0.15) is 11.6 Å². The van der Waals surface area contributed by atoms with E-state index in [-0.39, 0.29) is 17.4 Å². The summed E-state index contributed by atoms with van der Waals surface area (Å²) in [6, 6.07) is 11.3. The van der Waals surface area contributed by atoms with Crippen molar-refractivity contribution in [2.75, 3.05) is 31.6 Å². The Hall–Kier alpha value is -3.59. The number of carbonyl (C=O) groups excluding carboxylic acids is 1. The Balaban J connectivity index is 0.000000371. The van der Waals surface area contributed by atoms with E-state index in [1.807, 2.05) is 6.07 Å². The van der Waals surface area contributed by atoms with Crippen LogP contribution in [-0.4, -0.2) is 65.6 Å². The monoisotopic (exact) mass is 486 g/mol. The number of carboxylic acid groups (broad SMARTS) is 2. The number of Topliss-reactive ketones (excluding diaryl/α,β-unsaturated/α-hetero) is 1. The number of likely N-dealkylation sites (tertiary alicyclic amines) is 1. The van der Waals surface area contributed by atoms with Gasteiger partial charge in [-0.25, -0.2) is 18.4 Å². The van der Waals surface area contributed by atoms with E-state index >= 15 is 0 Å². The van der Waals surface area contributed by atoms with Crippen molar-refractivity contribution in [3.05, 3.63) is 77.4 Å². The summed E-state index contributed by atoms with van der Waals surface area (Å²) < 4.78 is 26.7. The largest absolute Gasteiger partial charge is 0.478 e. The average molecular weight is 487 g/mol. The quantitative estimate of drug-likeness (QED) is 0.452. The minimum Gasteiger partial charge on any atom is -0.478 e. The molecule has 0 aliphatic carbocycles. The van der Waals surface area contributed by atoms with E-state index in [1.165, 1.54) is 18.2 Å². The molecule has 35 heavy (non-hydrogen) atoms. The number of anilines is 1. The van der Waals surface area contributed by atoms with E-state index in [1.54, 1.807) is 18.2 Å². The molecule has 0 unspecified atom stereocenters. The average Bonchev–Trinajstić information content (AvgIpc) is 3.09. The lowest BCUT2D eigenvalue weighted by Crippen LogP contribution is -2.45. The Kier molecular flexibility index (Phi) is 8.70. The summed E-state index contributed by atoms with van der Waals surface area (Å²) in [5.74, 6) is -2.64. The normalized spacial score (nSPS) is 19.0. The van der Waals surface area contributed by atoms with Crippen LogP contribution in [0.5, 0.6) is 0 Å². The van der Waals surface area contributed by atoms with Crippen molar-refractivity contribution in [2.24, 2.45) is 0 Å². The second-order valence-electron chi connectivity index (χ2n) is 8.62. The number of benzene rings is 2. The summed E-state index contributed by atoms with van der Waals surface area (Å²) in [5, 5.41) is 15.6. The van der Waals surface area contributed by atoms with E-state index in [0.29, 0.717) is 36.1 Å². The molecule has 0 amide bonds. The maximum absolute atomic E-state index is 13.7. The molecule has 0 saturated carbocycles. The molecule has 1 saturated heterocycles. The van der Waals surface area contributed by atoms with Gasteiger partial charge in [0.2, 0.25) is 0 Å². The number of nitrogens with zero attached hydrogens (tertiary/aromatic N) is 2. The third-order valence-corrected chi connectivity index (χ3v) is 6.34. The molecule has 0 aromatic heterocycles. The van der Waals surface area contributed by atoms with Crippen LogP contribution in [0.25, 0.3) is 0 Å². The van der Waals surface area contributed by atoms with Crippen LogP contribution < -0.4 is 4.90 Å². The van der Waals surface area contributed by atoms with Crippen molar-refractivity contribution in [3.63, 3.8) is 0 Å². The highest BCUT2D eigenvalue weighted by atomic mass is 19.1. The van der Waals surface area contributed by atoms with Crippen LogP contribution >= 0.6 is 0 Å². The summed E-state index contributed by atoms with van der Waals surface area (Å²) in [7, 11) is 2.10. The van der Waals surface area contributed by atoms with Gasteiger partial charge in [0.15, 0.2) is 5.78 Å². The number of fused-ring (bicyclic) bond motifs is 3. The van der Waals surface area contributed by atoms with Crippen LogP contribution in [0, 0.1) is 11.6 Å².